The lowest BCUT2D eigenvalue weighted by Crippen LogP contribution is -2.21. The molecular formula is C16H13ClF3N3O2S2. The second-order valence-electron chi connectivity index (χ2n) is 5.51. The van der Waals surface area contributed by atoms with Crippen LogP contribution in [0.5, 0.6) is 0 Å². The molecule has 0 saturated carbocycles. The third-order valence-electron chi connectivity index (χ3n) is 3.58. The number of aromatic nitrogens is 2. The van der Waals surface area contributed by atoms with Gasteiger partial charge in [-0.1, -0.05) is 41.6 Å². The highest BCUT2D eigenvalue weighted by Gasteiger charge is 2.27. The number of halogens is 4. The van der Waals surface area contributed by atoms with Crippen LogP contribution in [0.1, 0.15) is 18.1 Å². The monoisotopic (exact) mass is 435 g/mol. The zero-order valence-electron chi connectivity index (χ0n) is 13.9. The van der Waals surface area contributed by atoms with Crippen LogP contribution >= 0.6 is 34.7 Å². The number of hydrogen-bond acceptors (Lipinski definition) is 7. The summed E-state index contributed by atoms with van der Waals surface area (Å²) >= 11 is 8.54. The van der Waals surface area contributed by atoms with Crippen molar-refractivity contribution in [2.75, 3.05) is 11.9 Å². The summed E-state index contributed by atoms with van der Waals surface area (Å²) < 4.78 is 42.4. The summed E-state index contributed by atoms with van der Waals surface area (Å²) in [5.41, 5.74) is 1.55. The molecule has 0 spiro atoms. The van der Waals surface area contributed by atoms with E-state index in [1.54, 1.807) is 12.1 Å². The Balaban J connectivity index is 1.78. The number of aryl methyl sites for hydroxylation is 1. The minimum atomic E-state index is -4.33. The fraction of sp³-hybridized carbons (Fsp3) is 0.312. The fourth-order valence-electron chi connectivity index (χ4n) is 2.33. The maximum atomic E-state index is 12.2. The van der Waals surface area contributed by atoms with E-state index in [2.05, 4.69) is 15.5 Å². The van der Waals surface area contributed by atoms with E-state index >= 15 is 0 Å². The molecule has 0 aliphatic rings. The Morgan fingerprint density at radius 1 is 1.26 bits per heavy atom. The van der Waals surface area contributed by atoms with E-state index in [1.807, 2.05) is 6.92 Å². The second kappa shape index (κ2) is 8.07. The van der Waals surface area contributed by atoms with Crippen molar-refractivity contribution in [3.8, 4) is 0 Å². The van der Waals surface area contributed by atoms with E-state index in [1.165, 1.54) is 17.8 Å². The van der Waals surface area contributed by atoms with Gasteiger partial charge in [-0.2, -0.15) is 13.2 Å². The van der Waals surface area contributed by atoms with Crippen LogP contribution in [-0.4, -0.2) is 22.9 Å². The van der Waals surface area contributed by atoms with Crippen LogP contribution in [0.25, 0.3) is 11.0 Å². The first kappa shape index (κ1) is 20.0. The molecule has 0 saturated heterocycles. The Morgan fingerprint density at radius 2 is 2.04 bits per heavy atom. The molecule has 11 heteroatoms. The Kier molecular flexibility index (Phi) is 5.97. The summed E-state index contributed by atoms with van der Waals surface area (Å²) in [6.07, 6.45) is -3.62. The number of rotatable bonds is 6. The average molecular weight is 436 g/mol. The molecule has 2 heterocycles. The van der Waals surface area contributed by atoms with Crippen LogP contribution in [0.3, 0.4) is 0 Å². The summed E-state index contributed by atoms with van der Waals surface area (Å²) in [4.78, 5) is 11.8. The number of thioether (sulfide) groups is 1. The average Bonchev–Trinajstić information content (AvgIpc) is 3.05. The largest absolute Gasteiger partial charge is 0.423 e. The van der Waals surface area contributed by atoms with Gasteiger partial charge in [0.2, 0.25) is 5.13 Å². The third kappa shape index (κ3) is 5.14. The van der Waals surface area contributed by atoms with Crippen LogP contribution in [0.2, 0.25) is 5.02 Å². The molecule has 0 unspecified atom stereocenters. The summed E-state index contributed by atoms with van der Waals surface area (Å²) in [5, 5.41) is 11.1. The number of anilines is 1. The zero-order valence-corrected chi connectivity index (χ0v) is 16.3. The fourth-order valence-corrected chi connectivity index (χ4v) is 4.37. The first-order chi connectivity index (χ1) is 12.7. The highest BCUT2D eigenvalue weighted by atomic mass is 35.5. The summed E-state index contributed by atoms with van der Waals surface area (Å²) in [6.45, 7) is 0.777. The molecule has 1 N–H and O–H groups in total. The first-order valence-corrected chi connectivity index (χ1v) is 9.95. The topological polar surface area (TPSA) is 68.0 Å². The third-order valence-corrected chi connectivity index (χ3v) is 5.99. The van der Waals surface area contributed by atoms with E-state index in [9.17, 15) is 18.0 Å². The molecule has 2 aromatic heterocycles. The minimum Gasteiger partial charge on any atom is -0.423 e. The molecule has 0 aliphatic heterocycles. The van der Waals surface area contributed by atoms with Gasteiger partial charge in [0.1, 0.15) is 12.1 Å². The molecule has 3 aromatic rings. The normalized spacial score (nSPS) is 11.9. The van der Waals surface area contributed by atoms with Crippen LogP contribution in [0, 0.1) is 0 Å². The van der Waals surface area contributed by atoms with Crippen LogP contribution in [0.15, 0.2) is 31.8 Å². The Hall–Kier alpha value is -1.78. The molecule has 0 atom stereocenters. The number of nitrogens with one attached hydrogen (secondary N) is 1. The smallest absolute Gasteiger partial charge is 0.405 e. The van der Waals surface area contributed by atoms with Crippen molar-refractivity contribution in [1.82, 2.24) is 10.2 Å². The predicted molar refractivity (Wildman–Crippen MR) is 101 cm³/mol. The van der Waals surface area contributed by atoms with Crippen molar-refractivity contribution >= 4 is 50.8 Å². The Morgan fingerprint density at radius 3 is 2.74 bits per heavy atom. The van der Waals surface area contributed by atoms with E-state index in [0.717, 1.165) is 16.9 Å². The molecule has 144 valence electrons. The number of benzene rings is 1. The van der Waals surface area contributed by atoms with Gasteiger partial charge >= 0.3 is 11.8 Å². The number of hydrogen-bond donors (Lipinski definition) is 1. The molecule has 0 amide bonds. The van der Waals surface area contributed by atoms with Crippen molar-refractivity contribution < 1.29 is 17.6 Å². The summed E-state index contributed by atoms with van der Waals surface area (Å²) in [6, 6.07) is 4.88. The van der Waals surface area contributed by atoms with Gasteiger partial charge in [-0.3, -0.25) is 0 Å². The number of alkyl halides is 3. The molecule has 0 radical (unpaired) electrons. The summed E-state index contributed by atoms with van der Waals surface area (Å²) in [5.74, 6) is 0.373. The molecule has 3 rings (SSSR count). The second-order valence-corrected chi connectivity index (χ2v) is 8.12. The highest BCUT2D eigenvalue weighted by molar-refractivity contribution is 8.00. The number of nitrogens with zero attached hydrogens (tertiary/aromatic N) is 2. The van der Waals surface area contributed by atoms with E-state index in [0.29, 0.717) is 38.1 Å². The molecule has 0 fully saturated rings. The minimum absolute atomic E-state index is 0.0860. The van der Waals surface area contributed by atoms with Gasteiger partial charge in [0, 0.05) is 22.2 Å². The standard InChI is InChI=1S/C16H13ClF3N3O2S2/c1-2-8-3-12-10(5-11(8)17)9(4-13(24)25-12)6-26-15-23-22-14(27-15)21-7-16(18,19)20/h3-5H,2,6-7H2,1H3,(H,21,22). The van der Waals surface area contributed by atoms with Crippen molar-refractivity contribution in [1.29, 1.82) is 0 Å². The maximum Gasteiger partial charge on any atom is 0.405 e. The summed E-state index contributed by atoms with van der Waals surface area (Å²) in [7, 11) is 0. The highest BCUT2D eigenvalue weighted by Crippen LogP contribution is 2.32. The first-order valence-electron chi connectivity index (χ1n) is 7.77. The van der Waals surface area contributed by atoms with Crippen molar-refractivity contribution in [2.24, 2.45) is 0 Å². The van der Waals surface area contributed by atoms with E-state index in [4.69, 9.17) is 16.0 Å². The van der Waals surface area contributed by atoms with E-state index in [-0.39, 0.29) is 5.13 Å². The van der Waals surface area contributed by atoms with Crippen LogP contribution < -0.4 is 10.9 Å². The van der Waals surface area contributed by atoms with Crippen molar-refractivity contribution in [2.45, 2.75) is 29.6 Å². The molecular weight excluding hydrogens is 423 g/mol. The molecule has 0 bridgehead atoms. The quantitative estimate of drug-likeness (QED) is 0.428. The molecule has 5 nitrogen and oxygen atoms in total. The molecule has 27 heavy (non-hydrogen) atoms. The van der Waals surface area contributed by atoms with Crippen LogP contribution in [0.4, 0.5) is 18.3 Å². The van der Waals surface area contributed by atoms with Gasteiger partial charge in [0.15, 0.2) is 4.34 Å². The zero-order chi connectivity index (χ0) is 19.6. The maximum absolute atomic E-state index is 12.2. The van der Waals surface area contributed by atoms with Crippen molar-refractivity contribution in [3.05, 3.63) is 44.8 Å². The Bertz CT molecular complexity index is 1020. The number of fused-ring (bicyclic) bond motifs is 1. The van der Waals surface area contributed by atoms with Crippen molar-refractivity contribution in [3.63, 3.8) is 0 Å². The van der Waals surface area contributed by atoms with E-state index < -0.39 is 18.3 Å². The SMILES string of the molecule is CCc1cc2oc(=O)cc(CSc3nnc(NCC(F)(F)F)s3)c2cc1Cl. The Labute approximate surface area is 164 Å². The predicted octanol–water partition coefficient (Wildman–Crippen LogP) is 5.13. The lowest BCUT2D eigenvalue weighted by atomic mass is 10.1. The lowest BCUT2D eigenvalue weighted by molar-refractivity contribution is -0.115. The molecule has 0 aliphatic carbocycles. The molecule has 1 aromatic carbocycles. The van der Waals surface area contributed by atoms with Gasteiger partial charge in [-0.15, -0.1) is 10.2 Å². The van der Waals surface area contributed by atoms with Gasteiger partial charge in [-0.05, 0) is 29.7 Å². The van der Waals surface area contributed by atoms with Crippen LogP contribution in [-0.2, 0) is 12.2 Å². The lowest BCUT2D eigenvalue weighted by Gasteiger charge is -2.07. The van der Waals surface area contributed by atoms with Gasteiger partial charge < -0.3 is 9.73 Å². The van der Waals surface area contributed by atoms with Gasteiger partial charge in [0.25, 0.3) is 0 Å². The van der Waals surface area contributed by atoms with Gasteiger partial charge in [0.05, 0.1) is 0 Å². The van der Waals surface area contributed by atoms with Gasteiger partial charge in [-0.25, -0.2) is 4.79 Å².